The molecule has 0 bridgehead atoms. The van der Waals surface area contributed by atoms with E-state index < -0.39 is 0 Å². The summed E-state index contributed by atoms with van der Waals surface area (Å²) in [4.78, 5) is 0. The van der Waals surface area contributed by atoms with E-state index in [-0.39, 0.29) is 0 Å². The Labute approximate surface area is 125 Å². The molecule has 2 N–H and O–H groups in total. The highest BCUT2D eigenvalue weighted by Crippen LogP contribution is 2.37. The normalized spacial score (nSPS) is 10.5. The van der Waals surface area contributed by atoms with Gasteiger partial charge < -0.3 is 15.2 Å². The second-order valence-electron chi connectivity index (χ2n) is 3.96. The summed E-state index contributed by atoms with van der Waals surface area (Å²) in [5.74, 6) is 1.46. The maximum atomic E-state index is 5.86. The Morgan fingerprint density at radius 1 is 1.26 bits per heavy atom. The van der Waals surface area contributed by atoms with Crippen molar-refractivity contribution in [1.29, 1.82) is 0 Å². The third kappa shape index (κ3) is 3.72. The molecule has 1 aromatic heterocycles. The van der Waals surface area contributed by atoms with Crippen LogP contribution in [0.25, 0.3) is 0 Å². The Balaban J connectivity index is 2.21. The number of halogens is 1. The predicted octanol–water partition coefficient (Wildman–Crippen LogP) is 3.95. The highest BCUT2D eigenvalue weighted by Gasteiger charge is 2.12. The SMILES string of the molecule is CCOc1cc(CN)cc(Br)c1OCc1ccsc1. The van der Waals surface area contributed by atoms with Gasteiger partial charge >= 0.3 is 0 Å². The van der Waals surface area contributed by atoms with Crippen molar-refractivity contribution in [3.63, 3.8) is 0 Å². The van der Waals surface area contributed by atoms with E-state index in [4.69, 9.17) is 15.2 Å². The van der Waals surface area contributed by atoms with Crippen molar-refractivity contribution in [2.24, 2.45) is 5.73 Å². The third-order valence-corrected chi connectivity index (χ3v) is 3.89. The van der Waals surface area contributed by atoms with Crippen LogP contribution in [0.15, 0.2) is 33.4 Å². The lowest BCUT2D eigenvalue weighted by molar-refractivity contribution is 0.267. The Morgan fingerprint density at radius 2 is 2.11 bits per heavy atom. The van der Waals surface area contributed by atoms with Gasteiger partial charge in [-0.25, -0.2) is 0 Å². The van der Waals surface area contributed by atoms with Gasteiger partial charge in [-0.15, -0.1) is 0 Å². The fourth-order valence-corrected chi connectivity index (χ4v) is 2.93. The van der Waals surface area contributed by atoms with Crippen molar-refractivity contribution < 1.29 is 9.47 Å². The summed E-state index contributed by atoms with van der Waals surface area (Å²) in [5, 5.41) is 4.11. The van der Waals surface area contributed by atoms with Crippen molar-refractivity contribution in [1.82, 2.24) is 0 Å². The Bertz CT molecular complexity index is 528. The lowest BCUT2D eigenvalue weighted by Gasteiger charge is -2.14. The first-order chi connectivity index (χ1) is 9.24. The smallest absolute Gasteiger partial charge is 0.175 e. The molecule has 0 unspecified atom stereocenters. The Morgan fingerprint density at radius 3 is 2.74 bits per heavy atom. The van der Waals surface area contributed by atoms with Crippen LogP contribution in [0.4, 0.5) is 0 Å². The predicted molar refractivity (Wildman–Crippen MR) is 81.9 cm³/mol. The standard InChI is InChI=1S/C14H16BrNO2S/c1-2-17-13-6-11(7-16)5-12(15)14(13)18-8-10-3-4-19-9-10/h3-6,9H,2,7-8,16H2,1H3. The average Bonchev–Trinajstić information content (AvgIpc) is 2.91. The maximum Gasteiger partial charge on any atom is 0.175 e. The quantitative estimate of drug-likeness (QED) is 0.865. The van der Waals surface area contributed by atoms with Crippen LogP contribution in [0.5, 0.6) is 11.5 Å². The number of thiophene rings is 1. The molecule has 0 atom stereocenters. The summed E-state index contributed by atoms with van der Waals surface area (Å²) in [5.41, 5.74) is 7.84. The molecule has 1 aromatic carbocycles. The van der Waals surface area contributed by atoms with Crippen molar-refractivity contribution in [2.45, 2.75) is 20.1 Å². The molecule has 0 spiro atoms. The van der Waals surface area contributed by atoms with Gasteiger partial charge in [0.25, 0.3) is 0 Å². The number of hydrogen-bond acceptors (Lipinski definition) is 4. The van der Waals surface area contributed by atoms with Gasteiger partial charge in [-0.3, -0.25) is 0 Å². The molecule has 0 amide bonds. The molecule has 0 radical (unpaired) electrons. The summed E-state index contributed by atoms with van der Waals surface area (Å²) in [7, 11) is 0. The van der Waals surface area contributed by atoms with Crippen LogP contribution in [0.1, 0.15) is 18.1 Å². The molecule has 0 aliphatic heterocycles. The van der Waals surface area contributed by atoms with Gasteiger partial charge in [0.2, 0.25) is 0 Å². The third-order valence-electron chi connectivity index (χ3n) is 2.57. The van der Waals surface area contributed by atoms with Crippen LogP contribution < -0.4 is 15.2 Å². The lowest BCUT2D eigenvalue weighted by atomic mass is 10.2. The minimum absolute atomic E-state index is 0.476. The van der Waals surface area contributed by atoms with Crippen LogP contribution in [-0.2, 0) is 13.2 Å². The second kappa shape index (κ2) is 6.93. The molecule has 0 fully saturated rings. The molecule has 3 nitrogen and oxygen atoms in total. The maximum absolute atomic E-state index is 5.86. The zero-order chi connectivity index (χ0) is 13.7. The van der Waals surface area contributed by atoms with Gasteiger partial charge in [0.05, 0.1) is 11.1 Å². The van der Waals surface area contributed by atoms with Gasteiger partial charge in [-0.2, -0.15) is 11.3 Å². The van der Waals surface area contributed by atoms with Gasteiger partial charge in [0.1, 0.15) is 6.61 Å². The zero-order valence-corrected chi connectivity index (χ0v) is 13.1. The first kappa shape index (κ1) is 14.4. The molecule has 1 heterocycles. The van der Waals surface area contributed by atoms with Gasteiger partial charge in [-0.05, 0) is 62.9 Å². The minimum Gasteiger partial charge on any atom is -0.490 e. The first-order valence-electron chi connectivity index (χ1n) is 6.03. The molecule has 0 aliphatic carbocycles. The largest absolute Gasteiger partial charge is 0.490 e. The van der Waals surface area contributed by atoms with E-state index in [2.05, 4.69) is 21.3 Å². The van der Waals surface area contributed by atoms with E-state index in [9.17, 15) is 0 Å². The van der Waals surface area contributed by atoms with Crippen molar-refractivity contribution in [3.05, 3.63) is 44.6 Å². The molecular formula is C14H16BrNO2S. The molecule has 2 rings (SSSR count). The summed E-state index contributed by atoms with van der Waals surface area (Å²) >= 11 is 5.18. The Kier molecular flexibility index (Phi) is 5.24. The summed E-state index contributed by atoms with van der Waals surface area (Å²) in [6, 6.07) is 5.94. The molecular weight excluding hydrogens is 326 g/mol. The van der Waals surface area contributed by atoms with Crippen LogP contribution in [0.2, 0.25) is 0 Å². The highest BCUT2D eigenvalue weighted by molar-refractivity contribution is 9.10. The van der Waals surface area contributed by atoms with E-state index in [1.165, 1.54) is 0 Å². The van der Waals surface area contributed by atoms with E-state index in [1.54, 1.807) is 11.3 Å². The molecule has 0 saturated heterocycles. The Hall–Kier alpha value is -1.04. The van der Waals surface area contributed by atoms with Crippen LogP contribution in [-0.4, -0.2) is 6.61 Å². The molecule has 0 aliphatic rings. The molecule has 2 aromatic rings. The minimum atomic E-state index is 0.476. The van der Waals surface area contributed by atoms with Crippen LogP contribution >= 0.6 is 27.3 Å². The van der Waals surface area contributed by atoms with Gasteiger partial charge in [0.15, 0.2) is 11.5 Å². The fourth-order valence-electron chi connectivity index (χ4n) is 1.67. The van der Waals surface area contributed by atoms with E-state index in [0.29, 0.717) is 19.8 Å². The molecule has 19 heavy (non-hydrogen) atoms. The highest BCUT2D eigenvalue weighted by atomic mass is 79.9. The second-order valence-corrected chi connectivity index (χ2v) is 5.60. The number of nitrogens with two attached hydrogens (primary N) is 1. The monoisotopic (exact) mass is 341 g/mol. The number of ether oxygens (including phenoxy) is 2. The number of rotatable bonds is 6. The van der Waals surface area contributed by atoms with Gasteiger partial charge in [-0.1, -0.05) is 0 Å². The fraction of sp³-hybridized carbons (Fsp3) is 0.286. The van der Waals surface area contributed by atoms with Crippen LogP contribution in [0.3, 0.4) is 0 Å². The summed E-state index contributed by atoms with van der Waals surface area (Å²) < 4.78 is 12.4. The number of benzene rings is 1. The van der Waals surface area contributed by atoms with E-state index in [0.717, 1.165) is 27.1 Å². The van der Waals surface area contributed by atoms with E-state index >= 15 is 0 Å². The summed E-state index contributed by atoms with van der Waals surface area (Å²) in [6.45, 7) is 3.55. The summed E-state index contributed by atoms with van der Waals surface area (Å²) in [6.07, 6.45) is 0. The zero-order valence-electron chi connectivity index (χ0n) is 10.7. The van der Waals surface area contributed by atoms with Crippen molar-refractivity contribution in [3.8, 4) is 11.5 Å². The van der Waals surface area contributed by atoms with Gasteiger partial charge in [0, 0.05) is 6.54 Å². The van der Waals surface area contributed by atoms with Crippen LogP contribution in [0, 0.1) is 0 Å². The molecule has 102 valence electrons. The van der Waals surface area contributed by atoms with Crippen molar-refractivity contribution in [2.75, 3.05) is 6.61 Å². The molecule has 0 saturated carbocycles. The lowest BCUT2D eigenvalue weighted by Crippen LogP contribution is -2.03. The molecule has 5 heteroatoms. The van der Waals surface area contributed by atoms with E-state index in [1.807, 2.05) is 30.5 Å². The topological polar surface area (TPSA) is 44.5 Å². The average molecular weight is 342 g/mol. The first-order valence-corrected chi connectivity index (χ1v) is 7.77. The van der Waals surface area contributed by atoms with Crippen molar-refractivity contribution >= 4 is 27.3 Å². The number of hydrogen-bond donors (Lipinski definition) is 1.